The zero-order valence-corrected chi connectivity index (χ0v) is 17.3. The molecule has 5 nitrogen and oxygen atoms in total. The molecule has 0 radical (unpaired) electrons. The largest absolute Gasteiger partial charge is 0.481 e. The zero-order chi connectivity index (χ0) is 20.8. The van der Waals surface area contributed by atoms with Crippen LogP contribution in [0.15, 0.2) is 66.6 Å². The highest BCUT2D eigenvalue weighted by atomic mass is 35.5. The number of hydrogen-bond acceptors (Lipinski definition) is 5. The Morgan fingerprint density at radius 1 is 1.31 bits per heavy atom. The summed E-state index contributed by atoms with van der Waals surface area (Å²) in [7, 11) is 0. The van der Waals surface area contributed by atoms with Crippen LogP contribution >= 0.6 is 22.9 Å². The number of hydrogen-bond donors (Lipinski definition) is 0. The Morgan fingerprint density at radius 2 is 2.00 bits per heavy atom. The molecule has 29 heavy (non-hydrogen) atoms. The lowest BCUT2D eigenvalue weighted by atomic mass is 10.2. The average Bonchev–Trinajstić information content (AvgIpc) is 3.22. The number of anilines is 1. The van der Waals surface area contributed by atoms with Crippen LogP contribution in [0.5, 0.6) is 5.75 Å². The van der Waals surface area contributed by atoms with Gasteiger partial charge in [-0.2, -0.15) is 5.26 Å². The topological polar surface area (TPSA) is 66.2 Å². The summed E-state index contributed by atoms with van der Waals surface area (Å²) in [5.74, 6) is 0.288. The minimum atomic E-state index is -0.731. The number of carbonyl (C=O) groups is 1. The lowest BCUT2D eigenvalue weighted by molar-refractivity contribution is -0.124. The number of aromatic nitrogens is 1. The van der Waals surface area contributed by atoms with Gasteiger partial charge in [0.05, 0.1) is 17.3 Å². The molecule has 2 aromatic carbocycles. The van der Waals surface area contributed by atoms with Crippen molar-refractivity contribution in [2.75, 3.05) is 11.4 Å². The first-order chi connectivity index (χ1) is 14.0. The first kappa shape index (κ1) is 20.6. The van der Waals surface area contributed by atoms with E-state index in [4.69, 9.17) is 21.6 Å². The second-order valence-corrected chi connectivity index (χ2v) is 7.43. The quantitative estimate of drug-likeness (QED) is 0.482. The third-order valence-corrected chi connectivity index (χ3v) is 5.20. The molecular formula is C22H18ClN3O2S. The molecule has 3 rings (SSSR count). The Balaban J connectivity index is 1.77. The van der Waals surface area contributed by atoms with E-state index in [1.165, 1.54) is 11.3 Å². The molecule has 0 aliphatic carbocycles. The summed E-state index contributed by atoms with van der Waals surface area (Å²) in [6.45, 7) is 5.74. The molecule has 1 aromatic heterocycles. The predicted octanol–water partition coefficient (Wildman–Crippen LogP) is 5.32. The van der Waals surface area contributed by atoms with Gasteiger partial charge in [-0.3, -0.25) is 9.69 Å². The van der Waals surface area contributed by atoms with Gasteiger partial charge in [0.15, 0.2) is 11.2 Å². The van der Waals surface area contributed by atoms with Crippen LogP contribution in [0.4, 0.5) is 5.13 Å². The lowest BCUT2D eigenvalue weighted by Crippen LogP contribution is -2.40. The number of amides is 1. The van der Waals surface area contributed by atoms with E-state index in [2.05, 4.69) is 11.6 Å². The summed E-state index contributed by atoms with van der Waals surface area (Å²) in [5, 5.41) is 12.0. The van der Waals surface area contributed by atoms with Crippen LogP contribution < -0.4 is 9.64 Å². The fraction of sp³-hybridized carbons (Fsp3) is 0.136. The standard InChI is InChI=1S/C22H18ClN3O2S/c1-3-12-26(21(27)15(2)28-19-10-4-16(13-24)5-11-19)22-25-20(14-29-22)17-6-8-18(23)9-7-17/h3-11,14-15H,1,12H2,2H3/t15-/m0/s1. The molecule has 0 unspecified atom stereocenters. The van der Waals surface area contributed by atoms with Gasteiger partial charge in [0.2, 0.25) is 0 Å². The molecule has 0 saturated heterocycles. The van der Waals surface area contributed by atoms with E-state index in [1.54, 1.807) is 54.3 Å². The highest BCUT2D eigenvalue weighted by molar-refractivity contribution is 7.14. The number of thiazole rings is 1. The van der Waals surface area contributed by atoms with E-state index in [0.29, 0.717) is 28.0 Å². The Kier molecular flexibility index (Phi) is 6.65. The molecule has 146 valence electrons. The van der Waals surface area contributed by atoms with Crippen LogP contribution in [0.3, 0.4) is 0 Å². The third kappa shape index (κ3) is 5.02. The number of carbonyl (C=O) groups excluding carboxylic acids is 1. The van der Waals surface area contributed by atoms with Gasteiger partial charge in [-0.1, -0.05) is 29.8 Å². The molecule has 0 spiro atoms. The first-order valence-electron chi connectivity index (χ1n) is 8.82. The Bertz CT molecular complexity index is 1040. The van der Waals surface area contributed by atoms with Crippen molar-refractivity contribution in [3.05, 3.63) is 77.2 Å². The van der Waals surface area contributed by atoms with Gasteiger partial charge in [-0.15, -0.1) is 17.9 Å². The van der Waals surface area contributed by atoms with Gasteiger partial charge in [-0.25, -0.2) is 4.98 Å². The number of nitriles is 1. The average molecular weight is 424 g/mol. The minimum Gasteiger partial charge on any atom is -0.481 e. The summed E-state index contributed by atoms with van der Waals surface area (Å²) >= 11 is 7.32. The van der Waals surface area contributed by atoms with Crippen LogP contribution in [-0.4, -0.2) is 23.5 Å². The molecule has 1 amide bonds. The van der Waals surface area contributed by atoms with Crippen LogP contribution in [0.25, 0.3) is 11.3 Å². The molecule has 3 aromatic rings. The lowest BCUT2D eigenvalue weighted by Gasteiger charge is -2.22. The van der Waals surface area contributed by atoms with Crippen molar-refractivity contribution in [1.29, 1.82) is 5.26 Å². The molecule has 0 N–H and O–H groups in total. The van der Waals surface area contributed by atoms with Crippen molar-refractivity contribution in [3.8, 4) is 23.1 Å². The van der Waals surface area contributed by atoms with Crippen molar-refractivity contribution < 1.29 is 9.53 Å². The molecule has 0 bridgehead atoms. The van der Waals surface area contributed by atoms with Crippen molar-refractivity contribution in [2.24, 2.45) is 0 Å². The summed E-state index contributed by atoms with van der Waals surface area (Å²) in [4.78, 5) is 19.2. The number of nitrogens with zero attached hydrogens (tertiary/aromatic N) is 3. The molecule has 0 aliphatic heterocycles. The van der Waals surface area contributed by atoms with Crippen LogP contribution in [0.2, 0.25) is 5.02 Å². The second kappa shape index (κ2) is 9.37. The molecule has 1 atom stereocenters. The molecule has 0 saturated carbocycles. The molecular weight excluding hydrogens is 406 g/mol. The Labute approximate surface area is 178 Å². The van der Waals surface area contributed by atoms with Gasteiger partial charge < -0.3 is 4.74 Å². The smallest absolute Gasteiger partial charge is 0.269 e. The van der Waals surface area contributed by atoms with Gasteiger partial charge >= 0.3 is 0 Å². The van der Waals surface area contributed by atoms with E-state index >= 15 is 0 Å². The monoisotopic (exact) mass is 423 g/mol. The van der Waals surface area contributed by atoms with E-state index in [9.17, 15) is 4.79 Å². The van der Waals surface area contributed by atoms with Crippen molar-refractivity contribution >= 4 is 34.0 Å². The number of rotatable bonds is 7. The van der Waals surface area contributed by atoms with Gasteiger partial charge in [0, 0.05) is 22.5 Å². The van der Waals surface area contributed by atoms with Crippen LogP contribution in [0, 0.1) is 11.3 Å². The van der Waals surface area contributed by atoms with Crippen molar-refractivity contribution in [3.63, 3.8) is 0 Å². The second-order valence-electron chi connectivity index (χ2n) is 6.16. The molecule has 0 aliphatic rings. The zero-order valence-electron chi connectivity index (χ0n) is 15.7. The maximum atomic E-state index is 13.0. The van der Waals surface area contributed by atoms with Gasteiger partial charge in [0.1, 0.15) is 5.75 Å². The highest BCUT2D eigenvalue weighted by Crippen LogP contribution is 2.29. The van der Waals surface area contributed by atoms with Crippen LogP contribution in [-0.2, 0) is 4.79 Å². The van der Waals surface area contributed by atoms with E-state index in [-0.39, 0.29) is 5.91 Å². The number of halogens is 1. The van der Waals surface area contributed by atoms with Crippen LogP contribution in [0.1, 0.15) is 12.5 Å². The van der Waals surface area contributed by atoms with E-state index < -0.39 is 6.10 Å². The summed E-state index contributed by atoms with van der Waals surface area (Å²) < 4.78 is 5.76. The summed E-state index contributed by atoms with van der Waals surface area (Å²) in [6.07, 6.45) is 0.918. The van der Waals surface area contributed by atoms with E-state index in [1.807, 2.05) is 23.6 Å². The predicted molar refractivity (Wildman–Crippen MR) is 116 cm³/mol. The maximum absolute atomic E-state index is 13.0. The Hall–Kier alpha value is -3.14. The number of benzene rings is 2. The normalized spacial score (nSPS) is 11.3. The molecule has 1 heterocycles. The highest BCUT2D eigenvalue weighted by Gasteiger charge is 2.25. The number of ether oxygens (including phenoxy) is 1. The van der Waals surface area contributed by atoms with Crippen molar-refractivity contribution in [2.45, 2.75) is 13.0 Å². The maximum Gasteiger partial charge on any atom is 0.269 e. The first-order valence-corrected chi connectivity index (χ1v) is 10.1. The third-order valence-electron chi connectivity index (χ3n) is 4.08. The Morgan fingerprint density at radius 3 is 2.62 bits per heavy atom. The fourth-order valence-electron chi connectivity index (χ4n) is 2.61. The van der Waals surface area contributed by atoms with E-state index in [0.717, 1.165) is 11.3 Å². The SMILES string of the molecule is C=CCN(C(=O)[C@H](C)Oc1ccc(C#N)cc1)c1nc(-c2ccc(Cl)cc2)cs1. The van der Waals surface area contributed by atoms with Gasteiger partial charge in [0.25, 0.3) is 5.91 Å². The fourth-order valence-corrected chi connectivity index (χ4v) is 3.59. The molecule has 7 heteroatoms. The minimum absolute atomic E-state index is 0.230. The summed E-state index contributed by atoms with van der Waals surface area (Å²) in [6, 6.07) is 16.1. The molecule has 0 fully saturated rings. The van der Waals surface area contributed by atoms with Crippen molar-refractivity contribution in [1.82, 2.24) is 4.98 Å². The summed E-state index contributed by atoms with van der Waals surface area (Å²) in [5.41, 5.74) is 2.22. The van der Waals surface area contributed by atoms with Gasteiger partial charge in [-0.05, 0) is 43.3 Å².